The van der Waals surface area contributed by atoms with Gasteiger partial charge in [0.05, 0.1) is 12.2 Å². The van der Waals surface area contributed by atoms with Crippen molar-refractivity contribution >= 4 is 28.1 Å². The zero-order valence-electron chi connectivity index (χ0n) is 15.6. The summed E-state index contributed by atoms with van der Waals surface area (Å²) in [6, 6.07) is 8.31. The van der Waals surface area contributed by atoms with Gasteiger partial charge in [0.25, 0.3) is 0 Å². The number of hydrogen-bond acceptors (Lipinski definition) is 7. The first-order valence-corrected chi connectivity index (χ1v) is 9.69. The molecule has 0 unspecified atom stereocenters. The van der Waals surface area contributed by atoms with Gasteiger partial charge in [0.15, 0.2) is 5.84 Å². The van der Waals surface area contributed by atoms with Crippen LogP contribution in [-0.4, -0.2) is 40.5 Å². The van der Waals surface area contributed by atoms with Crippen LogP contribution in [0, 0.1) is 5.92 Å². The van der Waals surface area contributed by atoms with Gasteiger partial charge in [0, 0.05) is 49.4 Å². The molecule has 7 nitrogen and oxygen atoms in total. The van der Waals surface area contributed by atoms with Gasteiger partial charge in [0.1, 0.15) is 11.5 Å². The van der Waals surface area contributed by atoms with E-state index in [1.165, 1.54) is 0 Å². The molecule has 1 saturated heterocycles. The molecular weight excluding hydrogens is 352 g/mol. The number of anilines is 2. The second kappa shape index (κ2) is 7.52. The maximum atomic E-state index is 5.44. The Hall–Kier alpha value is -3.06. The lowest BCUT2D eigenvalue weighted by molar-refractivity contribution is 0.0699. The van der Waals surface area contributed by atoms with E-state index in [4.69, 9.17) is 4.74 Å². The van der Waals surface area contributed by atoms with Gasteiger partial charge in [-0.3, -0.25) is 9.98 Å². The number of nitrogens with zero attached hydrogens (tertiary/aromatic N) is 4. The molecule has 3 aromatic rings. The van der Waals surface area contributed by atoms with Gasteiger partial charge in [-0.25, -0.2) is 9.97 Å². The molecule has 2 aromatic heterocycles. The van der Waals surface area contributed by atoms with E-state index in [0.717, 1.165) is 72.1 Å². The normalized spacial score (nSPS) is 16.6. The molecular formula is C21H22N6O. The van der Waals surface area contributed by atoms with Crippen LogP contribution in [-0.2, 0) is 11.3 Å². The minimum atomic E-state index is 0.573. The summed E-state index contributed by atoms with van der Waals surface area (Å²) in [5, 5.41) is 9.17. The Morgan fingerprint density at radius 1 is 1.00 bits per heavy atom. The molecule has 142 valence electrons. The molecule has 2 N–H and O–H groups in total. The fourth-order valence-electron chi connectivity index (χ4n) is 3.73. The summed E-state index contributed by atoms with van der Waals surface area (Å²) in [4.78, 5) is 17.8. The van der Waals surface area contributed by atoms with Crippen LogP contribution in [0.2, 0.25) is 0 Å². The Morgan fingerprint density at radius 3 is 2.82 bits per heavy atom. The summed E-state index contributed by atoms with van der Waals surface area (Å²) in [7, 11) is 0. The highest BCUT2D eigenvalue weighted by Crippen LogP contribution is 2.26. The minimum absolute atomic E-state index is 0.573. The second-order valence-electron chi connectivity index (χ2n) is 7.17. The predicted octanol–water partition coefficient (Wildman–Crippen LogP) is 3.24. The summed E-state index contributed by atoms with van der Waals surface area (Å²) in [6.07, 6.45) is 7.47. The van der Waals surface area contributed by atoms with E-state index in [-0.39, 0.29) is 0 Å². The molecule has 0 aliphatic carbocycles. The molecule has 0 bridgehead atoms. The number of pyridine rings is 1. The lowest BCUT2D eigenvalue weighted by Gasteiger charge is -2.22. The van der Waals surface area contributed by atoms with Crippen molar-refractivity contribution in [2.75, 3.05) is 30.4 Å². The number of rotatable bonds is 4. The number of hydrogen-bond donors (Lipinski definition) is 2. The molecule has 0 amide bonds. The summed E-state index contributed by atoms with van der Waals surface area (Å²) in [6.45, 7) is 3.23. The van der Waals surface area contributed by atoms with Gasteiger partial charge >= 0.3 is 0 Å². The van der Waals surface area contributed by atoms with E-state index in [2.05, 4.69) is 48.8 Å². The molecule has 0 spiro atoms. The first kappa shape index (κ1) is 17.1. The van der Waals surface area contributed by atoms with Crippen LogP contribution in [0.3, 0.4) is 0 Å². The van der Waals surface area contributed by atoms with E-state index >= 15 is 0 Å². The van der Waals surface area contributed by atoms with Crippen LogP contribution in [0.5, 0.6) is 0 Å². The summed E-state index contributed by atoms with van der Waals surface area (Å²) < 4.78 is 5.44. The SMILES string of the molecule is c1cnc2c(n1)CN=C2Nc1ccc2c(NCC3CCOCC3)nccc2c1. The number of fused-ring (bicyclic) bond motifs is 2. The highest BCUT2D eigenvalue weighted by molar-refractivity contribution is 6.09. The predicted molar refractivity (Wildman–Crippen MR) is 110 cm³/mol. The summed E-state index contributed by atoms with van der Waals surface area (Å²) >= 11 is 0. The molecule has 0 atom stereocenters. The van der Waals surface area contributed by atoms with Gasteiger partial charge in [-0.05, 0) is 48.4 Å². The highest BCUT2D eigenvalue weighted by Gasteiger charge is 2.18. The van der Waals surface area contributed by atoms with E-state index in [1.807, 2.05) is 12.3 Å². The Labute approximate surface area is 163 Å². The molecule has 2 aliphatic rings. The molecule has 7 heteroatoms. The maximum absolute atomic E-state index is 5.44. The van der Waals surface area contributed by atoms with Crippen LogP contribution in [0.1, 0.15) is 24.2 Å². The summed E-state index contributed by atoms with van der Waals surface area (Å²) in [5.74, 6) is 2.35. The van der Waals surface area contributed by atoms with Gasteiger partial charge in [-0.15, -0.1) is 0 Å². The van der Waals surface area contributed by atoms with Gasteiger partial charge in [0.2, 0.25) is 0 Å². The Bertz CT molecular complexity index is 1030. The Morgan fingerprint density at radius 2 is 1.89 bits per heavy atom. The molecule has 0 saturated carbocycles. The van der Waals surface area contributed by atoms with E-state index in [1.54, 1.807) is 12.4 Å². The first-order chi connectivity index (χ1) is 13.9. The van der Waals surface area contributed by atoms with Crippen LogP contribution >= 0.6 is 0 Å². The maximum Gasteiger partial charge on any atom is 0.154 e. The van der Waals surface area contributed by atoms with Crippen molar-refractivity contribution in [3.05, 3.63) is 54.2 Å². The number of aromatic nitrogens is 3. The largest absolute Gasteiger partial charge is 0.381 e. The van der Waals surface area contributed by atoms with Crippen molar-refractivity contribution < 1.29 is 4.74 Å². The molecule has 28 heavy (non-hydrogen) atoms. The van der Waals surface area contributed by atoms with E-state index < -0.39 is 0 Å². The molecule has 1 aromatic carbocycles. The minimum Gasteiger partial charge on any atom is -0.381 e. The zero-order valence-corrected chi connectivity index (χ0v) is 15.6. The summed E-state index contributed by atoms with van der Waals surface area (Å²) in [5.41, 5.74) is 2.72. The lowest BCUT2D eigenvalue weighted by atomic mass is 10.0. The van der Waals surface area contributed by atoms with Crippen molar-refractivity contribution in [1.82, 2.24) is 15.0 Å². The second-order valence-corrected chi connectivity index (χ2v) is 7.17. The van der Waals surface area contributed by atoms with Crippen LogP contribution in [0.4, 0.5) is 11.5 Å². The molecule has 2 aliphatic heterocycles. The van der Waals surface area contributed by atoms with Crippen molar-refractivity contribution in [3.63, 3.8) is 0 Å². The molecule has 4 heterocycles. The van der Waals surface area contributed by atoms with Crippen molar-refractivity contribution in [2.24, 2.45) is 10.9 Å². The van der Waals surface area contributed by atoms with E-state index in [9.17, 15) is 0 Å². The molecule has 0 radical (unpaired) electrons. The Kier molecular flexibility index (Phi) is 4.58. The lowest BCUT2D eigenvalue weighted by Crippen LogP contribution is -2.23. The number of amidine groups is 1. The number of ether oxygens (including phenoxy) is 1. The quantitative estimate of drug-likeness (QED) is 0.729. The fourth-order valence-corrected chi connectivity index (χ4v) is 3.73. The van der Waals surface area contributed by atoms with Crippen LogP contribution < -0.4 is 10.6 Å². The zero-order chi connectivity index (χ0) is 18.8. The van der Waals surface area contributed by atoms with Crippen LogP contribution in [0.25, 0.3) is 10.8 Å². The highest BCUT2D eigenvalue weighted by atomic mass is 16.5. The average Bonchev–Trinajstić information content (AvgIpc) is 3.16. The molecule has 5 rings (SSSR count). The third-order valence-electron chi connectivity index (χ3n) is 5.31. The van der Waals surface area contributed by atoms with Crippen molar-refractivity contribution in [3.8, 4) is 0 Å². The third kappa shape index (κ3) is 3.41. The first-order valence-electron chi connectivity index (χ1n) is 9.69. The Balaban J connectivity index is 1.34. The fraction of sp³-hybridized carbons (Fsp3) is 0.333. The standard InChI is InChI=1S/C21H22N6O/c1-2-17-15(3-6-24-20(17)25-12-14-4-9-28-10-5-14)11-16(1)27-21-19-18(13-26-21)22-7-8-23-19/h1-3,6-8,11,14H,4-5,9-10,12-13H2,(H,24,25)(H,26,27). The van der Waals surface area contributed by atoms with E-state index in [0.29, 0.717) is 12.5 Å². The van der Waals surface area contributed by atoms with Crippen LogP contribution in [0.15, 0.2) is 47.8 Å². The number of benzene rings is 1. The van der Waals surface area contributed by atoms with Gasteiger partial charge in [-0.2, -0.15) is 0 Å². The molecule has 1 fully saturated rings. The smallest absolute Gasteiger partial charge is 0.154 e. The van der Waals surface area contributed by atoms with Gasteiger partial charge < -0.3 is 15.4 Å². The van der Waals surface area contributed by atoms with Crippen molar-refractivity contribution in [1.29, 1.82) is 0 Å². The number of nitrogens with one attached hydrogen (secondary N) is 2. The topological polar surface area (TPSA) is 84.3 Å². The monoisotopic (exact) mass is 374 g/mol. The third-order valence-corrected chi connectivity index (χ3v) is 5.31. The van der Waals surface area contributed by atoms with Gasteiger partial charge in [-0.1, -0.05) is 0 Å². The number of aliphatic imine (C=N–C) groups is 1. The van der Waals surface area contributed by atoms with Crippen molar-refractivity contribution in [2.45, 2.75) is 19.4 Å². The average molecular weight is 374 g/mol.